The number of hydrogen-bond acceptors (Lipinski definition) is 6. The number of thioether (sulfide) groups is 1. The minimum Gasteiger partial charge on any atom is -0.447 e. The first-order valence-corrected chi connectivity index (χ1v) is 11.3. The maximum absolute atomic E-state index is 13.6. The Hall–Kier alpha value is -3.00. The number of para-hydroxylation sites is 1. The van der Waals surface area contributed by atoms with E-state index < -0.39 is 6.23 Å². The zero-order valence-electron chi connectivity index (χ0n) is 17.4. The van der Waals surface area contributed by atoms with Gasteiger partial charge < -0.3 is 4.74 Å². The number of aromatic nitrogens is 3. The van der Waals surface area contributed by atoms with Crippen molar-refractivity contribution in [3.8, 4) is 17.1 Å². The highest BCUT2D eigenvalue weighted by Crippen LogP contribution is 2.43. The van der Waals surface area contributed by atoms with Crippen LogP contribution in [0.15, 0.2) is 53.7 Å². The lowest BCUT2D eigenvalue weighted by Crippen LogP contribution is -2.37. The van der Waals surface area contributed by atoms with E-state index in [0.717, 1.165) is 18.6 Å². The molecule has 0 saturated carbocycles. The van der Waals surface area contributed by atoms with Gasteiger partial charge in [0.2, 0.25) is 23.2 Å². The van der Waals surface area contributed by atoms with Crippen molar-refractivity contribution in [3.63, 3.8) is 0 Å². The van der Waals surface area contributed by atoms with Crippen LogP contribution in [0.25, 0.3) is 11.3 Å². The smallest absolute Gasteiger partial charge is 0.247 e. The van der Waals surface area contributed by atoms with Crippen LogP contribution in [0.3, 0.4) is 0 Å². The van der Waals surface area contributed by atoms with Gasteiger partial charge in [0, 0.05) is 23.3 Å². The van der Waals surface area contributed by atoms with Crippen molar-refractivity contribution in [3.05, 3.63) is 59.9 Å². The van der Waals surface area contributed by atoms with E-state index in [1.54, 1.807) is 24.0 Å². The molecule has 0 saturated heterocycles. The predicted molar refractivity (Wildman–Crippen MR) is 118 cm³/mol. The molecule has 1 aliphatic rings. The van der Waals surface area contributed by atoms with Gasteiger partial charge in [-0.25, -0.2) is 4.39 Å². The first-order valence-electron chi connectivity index (χ1n) is 10.3. The second kappa shape index (κ2) is 9.43. The van der Waals surface area contributed by atoms with E-state index in [9.17, 15) is 9.18 Å². The summed E-state index contributed by atoms with van der Waals surface area (Å²) >= 11 is 1.52. The number of fused-ring (bicyclic) bond motifs is 3. The van der Waals surface area contributed by atoms with Crippen molar-refractivity contribution in [2.45, 2.75) is 44.5 Å². The average molecular weight is 439 g/mol. The van der Waals surface area contributed by atoms with Crippen molar-refractivity contribution < 1.29 is 13.9 Å². The van der Waals surface area contributed by atoms with Crippen molar-refractivity contribution in [2.24, 2.45) is 0 Å². The number of rotatable bonds is 6. The van der Waals surface area contributed by atoms with Gasteiger partial charge in [0.1, 0.15) is 5.82 Å². The number of benzene rings is 2. The summed E-state index contributed by atoms with van der Waals surface area (Å²) < 4.78 is 19.9. The molecule has 0 radical (unpaired) electrons. The normalized spacial score (nSPS) is 14.9. The van der Waals surface area contributed by atoms with Crippen LogP contribution in [0.1, 0.15) is 44.9 Å². The molecular weight excluding hydrogens is 415 g/mol. The Morgan fingerprint density at radius 2 is 1.90 bits per heavy atom. The number of anilines is 1. The van der Waals surface area contributed by atoms with E-state index in [2.05, 4.69) is 22.1 Å². The van der Waals surface area contributed by atoms with Gasteiger partial charge in [-0.05, 0) is 24.6 Å². The van der Waals surface area contributed by atoms with Crippen molar-refractivity contribution in [2.75, 3.05) is 10.7 Å². The van der Waals surface area contributed by atoms with E-state index >= 15 is 0 Å². The molecule has 3 aromatic rings. The van der Waals surface area contributed by atoms with E-state index in [0.29, 0.717) is 33.5 Å². The number of hydrogen-bond donors (Lipinski definition) is 0. The number of amides is 1. The van der Waals surface area contributed by atoms with Gasteiger partial charge >= 0.3 is 0 Å². The van der Waals surface area contributed by atoms with Gasteiger partial charge in [0.05, 0.1) is 5.69 Å². The zero-order valence-corrected chi connectivity index (χ0v) is 18.2. The van der Waals surface area contributed by atoms with E-state index in [-0.39, 0.29) is 18.1 Å². The Bertz CT molecular complexity index is 1080. The maximum atomic E-state index is 13.6. The molecule has 6 nitrogen and oxygen atoms in total. The van der Waals surface area contributed by atoms with Crippen molar-refractivity contribution in [1.82, 2.24) is 15.2 Å². The molecule has 0 N–H and O–H groups in total. The Morgan fingerprint density at radius 1 is 1.13 bits per heavy atom. The van der Waals surface area contributed by atoms with Crippen LogP contribution in [0.4, 0.5) is 10.1 Å². The van der Waals surface area contributed by atoms with Crippen LogP contribution in [0.2, 0.25) is 0 Å². The molecule has 1 aromatic heterocycles. The summed E-state index contributed by atoms with van der Waals surface area (Å²) in [5.41, 5.74) is 2.50. The van der Waals surface area contributed by atoms with Gasteiger partial charge in [-0.15, -0.1) is 10.2 Å². The van der Waals surface area contributed by atoms with Gasteiger partial charge in [-0.2, -0.15) is 4.98 Å². The Balaban J connectivity index is 1.85. The quantitative estimate of drug-likeness (QED) is 0.379. The Labute approximate surface area is 184 Å². The minimum atomic E-state index is -0.805. The summed E-state index contributed by atoms with van der Waals surface area (Å²) in [4.78, 5) is 19.2. The highest BCUT2D eigenvalue weighted by atomic mass is 32.2. The summed E-state index contributed by atoms with van der Waals surface area (Å²) in [5, 5.41) is 9.20. The molecule has 0 unspecified atom stereocenters. The standard InChI is InChI=1S/C23H23FN4O2S/c1-3-5-14-31-23-25-21-20(26-27-23)17-8-6-7-9-18(17)28(19(29)4-2)22(30-21)15-10-12-16(24)13-11-15/h6-13,22H,3-5,14H2,1-2H3/t22-/m1/s1. The minimum absolute atomic E-state index is 0.125. The number of nitrogens with zero attached hydrogens (tertiary/aromatic N) is 4. The molecule has 1 atom stereocenters. The number of ether oxygens (including phenoxy) is 1. The molecular formula is C23H23FN4O2S. The predicted octanol–water partition coefficient (Wildman–Crippen LogP) is 5.40. The van der Waals surface area contributed by atoms with E-state index in [1.807, 2.05) is 24.3 Å². The molecule has 0 spiro atoms. The Morgan fingerprint density at radius 3 is 2.65 bits per heavy atom. The highest BCUT2D eigenvalue weighted by molar-refractivity contribution is 7.99. The molecule has 31 heavy (non-hydrogen) atoms. The SMILES string of the molecule is CCCCSc1nnc2c(n1)O[C@H](c1ccc(F)cc1)N(C(=O)CC)c1ccccc1-2. The number of carbonyl (C=O) groups excluding carboxylic acids is 1. The monoisotopic (exact) mass is 438 g/mol. The fraction of sp³-hybridized carbons (Fsp3) is 0.304. The summed E-state index contributed by atoms with van der Waals surface area (Å²) in [7, 11) is 0. The van der Waals surface area contributed by atoms with Crippen molar-refractivity contribution >= 4 is 23.4 Å². The van der Waals surface area contributed by atoms with Crippen LogP contribution < -0.4 is 9.64 Å². The third kappa shape index (κ3) is 4.39. The van der Waals surface area contributed by atoms with Crippen LogP contribution in [0.5, 0.6) is 5.88 Å². The first-order chi connectivity index (χ1) is 15.1. The highest BCUT2D eigenvalue weighted by Gasteiger charge is 2.35. The molecule has 0 fully saturated rings. The molecule has 2 aromatic carbocycles. The van der Waals surface area contributed by atoms with Crippen LogP contribution in [-0.2, 0) is 4.79 Å². The molecule has 8 heteroatoms. The second-order valence-electron chi connectivity index (χ2n) is 7.11. The Kier molecular flexibility index (Phi) is 6.46. The molecule has 2 heterocycles. The summed E-state index contributed by atoms with van der Waals surface area (Å²) in [6.45, 7) is 3.93. The average Bonchev–Trinajstić information content (AvgIpc) is 2.93. The third-order valence-electron chi connectivity index (χ3n) is 4.97. The summed E-state index contributed by atoms with van der Waals surface area (Å²) in [6.07, 6.45) is 1.60. The van der Waals surface area contributed by atoms with Crippen LogP contribution in [-0.4, -0.2) is 26.8 Å². The molecule has 4 rings (SSSR count). The summed E-state index contributed by atoms with van der Waals surface area (Å²) in [6, 6.07) is 13.4. The molecule has 1 aliphatic heterocycles. The fourth-order valence-electron chi connectivity index (χ4n) is 3.37. The third-order valence-corrected chi connectivity index (χ3v) is 5.89. The number of halogens is 1. The lowest BCUT2D eigenvalue weighted by molar-refractivity contribution is -0.120. The molecule has 1 amide bonds. The second-order valence-corrected chi connectivity index (χ2v) is 8.17. The topological polar surface area (TPSA) is 68.2 Å². The maximum Gasteiger partial charge on any atom is 0.247 e. The van der Waals surface area contributed by atoms with E-state index in [1.165, 1.54) is 23.9 Å². The van der Waals surface area contributed by atoms with Crippen LogP contribution >= 0.6 is 11.8 Å². The number of unbranched alkanes of at least 4 members (excludes halogenated alkanes) is 1. The molecule has 0 bridgehead atoms. The van der Waals surface area contributed by atoms with E-state index in [4.69, 9.17) is 4.74 Å². The largest absolute Gasteiger partial charge is 0.447 e. The van der Waals surface area contributed by atoms with Gasteiger partial charge in [0.25, 0.3) is 0 Å². The first kappa shape index (κ1) is 21.2. The lowest BCUT2D eigenvalue weighted by Gasteiger charge is -2.30. The fourth-order valence-corrected chi connectivity index (χ4v) is 4.23. The summed E-state index contributed by atoms with van der Waals surface area (Å²) in [5.74, 6) is 0.711. The zero-order chi connectivity index (χ0) is 21.8. The van der Waals surface area contributed by atoms with Gasteiger partial charge in [-0.1, -0.05) is 62.4 Å². The van der Waals surface area contributed by atoms with Gasteiger partial charge in [-0.3, -0.25) is 9.69 Å². The molecule has 0 aliphatic carbocycles. The van der Waals surface area contributed by atoms with Crippen LogP contribution in [0, 0.1) is 5.82 Å². The van der Waals surface area contributed by atoms with Gasteiger partial charge in [0.15, 0.2) is 5.69 Å². The lowest BCUT2D eigenvalue weighted by atomic mass is 10.1. The number of carbonyl (C=O) groups is 1. The van der Waals surface area contributed by atoms with Crippen molar-refractivity contribution in [1.29, 1.82) is 0 Å². The molecule has 160 valence electrons.